The molecule has 0 bridgehead atoms. The van der Waals surface area contributed by atoms with Gasteiger partial charge in [0.1, 0.15) is 5.00 Å². The van der Waals surface area contributed by atoms with E-state index in [1.54, 1.807) is 23.7 Å². The summed E-state index contributed by atoms with van der Waals surface area (Å²) in [5, 5.41) is 8.15. The highest BCUT2D eigenvalue weighted by molar-refractivity contribution is 7.54. The molecule has 0 aromatic carbocycles. The lowest BCUT2D eigenvalue weighted by Crippen LogP contribution is -2.35. The first-order valence-electron chi connectivity index (χ1n) is 8.56. The third-order valence-electron chi connectivity index (χ3n) is 4.14. The van der Waals surface area contributed by atoms with Gasteiger partial charge in [0.15, 0.2) is 5.95 Å². The number of thiazole rings is 1. The van der Waals surface area contributed by atoms with Gasteiger partial charge >= 0.3 is 7.60 Å². The van der Waals surface area contributed by atoms with Crippen LogP contribution in [0, 0.1) is 12.3 Å². The molecule has 0 spiro atoms. The zero-order valence-electron chi connectivity index (χ0n) is 15.5. The zero-order valence-corrected chi connectivity index (χ0v) is 17.2. The predicted octanol–water partition coefficient (Wildman–Crippen LogP) is 3.51. The van der Waals surface area contributed by atoms with E-state index < -0.39 is 7.60 Å². The Kier molecular flexibility index (Phi) is 5.72. The van der Waals surface area contributed by atoms with Gasteiger partial charge in [-0.15, -0.1) is 11.3 Å². The van der Waals surface area contributed by atoms with E-state index in [1.807, 2.05) is 27.8 Å². The normalized spacial score (nSPS) is 19.8. The van der Waals surface area contributed by atoms with Crippen LogP contribution in [0.15, 0.2) is 12.4 Å². The maximum absolute atomic E-state index is 13.4. The predicted molar refractivity (Wildman–Crippen MR) is 104 cm³/mol. The molecule has 3 rings (SSSR count). The lowest BCUT2D eigenvalue weighted by atomic mass is 9.97. The number of nitrogens with one attached hydrogen (secondary N) is 3. The minimum Gasteiger partial charge on any atom is -0.379 e. The summed E-state index contributed by atoms with van der Waals surface area (Å²) in [7, 11) is -1.40. The van der Waals surface area contributed by atoms with Crippen molar-refractivity contribution in [1.29, 1.82) is 0 Å². The van der Waals surface area contributed by atoms with E-state index in [9.17, 15) is 4.57 Å². The number of rotatable bonds is 7. The fraction of sp³-hybridized carbons (Fsp3) is 0.625. The van der Waals surface area contributed by atoms with Crippen LogP contribution in [-0.2, 0) is 20.0 Å². The van der Waals surface area contributed by atoms with Crippen molar-refractivity contribution in [2.45, 2.75) is 32.9 Å². The Labute approximate surface area is 157 Å². The summed E-state index contributed by atoms with van der Waals surface area (Å²) in [5.74, 6) is 0.645. The highest BCUT2D eigenvalue weighted by atomic mass is 32.1. The van der Waals surface area contributed by atoms with Gasteiger partial charge in [-0.25, -0.2) is 9.97 Å². The minimum absolute atomic E-state index is 0.134. The SMILES string of the molecule is CNc1cnc(CC(CNc2ncc(C)[nH]2)P2(=O)OCC(C)(C)CO2)s1. The summed E-state index contributed by atoms with van der Waals surface area (Å²) >= 11 is 1.54. The van der Waals surface area contributed by atoms with Crippen molar-refractivity contribution in [1.82, 2.24) is 15.0 Å². The van der Waals surface area contributed by atoms with Crippen molar-refractivity contribution in [2.75, 3.05) is 37.4 Å². The fourth-order valence-electron chi connectivity index (χ4n) is 2.55. The number of aromatic nitrogens is 3. The molecule has 2 aromatic heterocycles. The molecule has 1 saturated heterocycles. The van der Waals surface area contributed by atoms with Crippen LogP contribution in [0.25, 0.3) is 0 Å². The largest absolute Gasteiger partial charge is 0.379 e. The molecule has 1 unspecified atom stereocenters. The second-order valence-corrected chi connectivity index (χ2v) is 10.7. The first-order valence-corrected chi connectivity index (χ1v) is 11.0. The van der Waals surface area contributed by atoms with Gasteiger partial charge in [0.25, 0.3) is 0 Å². The molecule has 3 N–H and O–H groups in total. The molecule has 8 nitrogen and oxygen atoms in total. The summed E-state index contributed by atoms with van der Waals surface area (Å²) in [5.41, 5.74) is 0.478. The second kappa shape index (κ2) is 7.68. The van der Waals surface area contributed by atoms with Crippen LogP contribution in [0.4, 0.5) is 10.9 Å². The summed E-state index contributed by atoms with van der Waals surface area (Å²) in [4.78, 5) is 11.8. The number of aromatic amines is 1. The van der Waals surface area contributed by atoms with Gasteiger partial charge in [-0.3, -0.25) is 4.57 Å². The number of nitrogens with zero attached hydrogens (tertiary/aromatic N) is 2. The first kappa shape index (κ1) is 19.4. The van der Waals surface area contributed by atoms with Crippen molar-refractivity contribution >= 4 is 29.9 Å². The van der Waals surface area contributed by atoms with Gasteiger partial charge in [0.05, 0.1) is 30.1 Å². The van der Waals surface area contributed by atoms with Gasteiger partial charge in [0, 0.05) is 37.3 Å². The molecule has 10 heteroatoms. The van der Waals surface area contributed by atoms with Crippen LogP contribution < -0.4 is 10.6 Å². The molecule has 1 fully saturated rings. The lowest BCUT2D eigenvalue weighted by Gasteiger charge is -2.37. The Bertz CT molecular complexity index is 776. The Morgan fingerprint density at radius 1 is 1.35 bits per heavy atom. The maximum Gasteiger partial charge on any atom is 0.335 e. The summed E-state index contributed by atoms with van der Waals surface area (Å²) in [6.45, 7) is 7.26. The van der Waals surface area contributed by atoms with Crippen LogP contribution >= 0.6 is 18.9 Å². The molecule has 1 atom stereocenters. The molecule has 2 aromatic rings. The highest BCUT2D eigenvalue weighted by Crippen LogP contribution is 2.58. The Morgan fingerprint density at radius 3 is 2.65 bits per heavy atom. The molecular weight excluding hydrogens is 373 g/mol. The van der Waals surface area contributed by atoms with Crippen LogP contribution in [0.3, 0.4) is 0 Å². The summed E-state index contributed by atoms with van der Waals surface area (Å²) < 4.78 is 24.9. The monoisotopic (exact) mass is 399 g/mol. The Morgan fingerprint density at radius 2 is 2.08 bits per heavy atom. The molecule has 144 valence electrons. The van der Waals surface area contributed by atoms with E-state index in [-0.39, 0.29) is 11.1 Å². The molecule has 0 saturated carbocycles. The van der Waals surface area contributed by atoms with Crippen molar-refractivity contribution < 1.29 is 13.6 Å². The number of imidazole rings is 1. The fourth-order valence-corrected chi connectivity index (χ4v) is 5.79. The van der Waals surface area contributed by atoms with Crippen molar-refractivity contribution in [2.24, 2.45) is 5.41 Å². The Balaban J connectivity index is 1.75. The van der Waals surface area contributed by atoms with Gasteiger partial charge in [0.2, 0.25) is 0 Å². The summed E-state index contributed by atoms with van der Waals surface area (Å²) in [6, 6.07) is 0. The molecule has 3 heterocycles. The van der Waals surface area contributed by atoms with Gasteiger partial charge < -0.3 is 24.7 Å². The first-order chi connectivity index (χ1) is 12.3. The molecular formula is C16H26N5O3PS. The highest BCUT2D eigenvalue weighted by Gasteiger charge is 2.43. The summed E-state index contributed by atoms with van der Waals surface area (Å²) in [6.07, 6.45) is 4.04. The van der Waals surface area contributed by atoms with Gasteiger partial charge in [-0.2, -0.15) is 0 Å². The topological polar surface area (TPSA) is 101 Å². The van der Waals surface area contributed by atoms with E-state index in [1.165, 1.54) is 0 Å². The quantitative estimate of drug-likeness (QED) is 0.613. The van der Waals surface area contributed by atoms with Crippen LogP contribution in [0.1, 0.15) is 24.5 Å². The average Bonchev–Trinajstić information content (AvgIpc) is 3.23. The molecule has 1 aliphatic rings. The molecule has 1 aliphatic heterocycles. The van der Waals surface area contributed by atoms with Gasteiger partial charge in [-0.05, 0) is 6.92 Å². The van der Waals surface area contributed by atoms with Crippen molar-refractivity contribution in [3.63, 3.8) is 0 Å². The third kappa shape index (κ3) is 4.65. The number of aryl methyl sites for hydroxylation is 1. The third-order valence-corrected chi connectivity index (χ3v) is 7.41. The molecule has 0 radical (unpaired) electrons. The number of hydrogen-bond donors (Lipinski definition) is 3. The van der Waals surface area contributed by atoms with Crippen LogP contribution in [0.5, 0.6) is 0 Å². The van der Waals surface area contributed by atoms with E-state index in [0.717, 1.165) is 15.7 Å². The lowest BCUT2D eigenvalue weighted by molar-refractivity contribution is 0.0383. The van der Waals surface area contributed by atoms with Crippen molar-refractivity contribution in [3.05, 3.63) is 23.1 Å². The number of H-pyrrole nitrogens is 1. The number of hydrogen-bond acceptors (Lipinski definition) is 8. The van der Waals surface area contributed by atoms with E-state index in [4.69, 9.17) is 9.05 Å². The van der Waals surface area contributed by atoms with Crippen LogP contribution in [0.2, 0.25) is 0 Å². The number of anilines is 2. The maximum atomic E-state index is 13.4. The van der Waals surface area contributed by atoms with Crippen LogP contribution in [-0.4, -0.2) is 47.4 Å². The molecule has 0 aliphatic carbocycles. The molecule has 0 amide bonds. The van der Waals surface area contributed by atoms with E-state index in [0.29, 0.717) is 32.1 Å². The second-order valence-electron chi connectivity index (χ2n) is 7.27. The average molecular weight is 399 g/mol. The van der Waals surface area contributed by atoms with Crippen molar-refractivity contribution in [3.8, 4) is 0 Å². The zero-order chi connectivity index (χ0) is 18.8. The minimum atomic E-state index is -3.26. The van der Waals surface area contributed by atoms with E-state index >= 15 is 0 Å². The smallest absolute Gasteiger partial charge is 0.335 e. The standard InChI is InChI=1S/C16H26N5O3PS/c1-11-6-19-15(21-11)20-7-12(5-13-18-8-14(17-4)26-13)25(22)23-9-16(2,3)10-24-25/h6,8,12,17H,5,7,9-10H2,1-4H3,(H2,19,20,21). The van der Waals surface area contributed by atoms with E-state index in [2.05, 4.69) is 25.6 Å². The Hall–Kier alpha value is -1.41. The van der Waals surface area contributed by atoms with Gasteiger partial charge in [-0.1, -0.05) is 13.8 Å². The molecule has 26 heavy (non-hydrogen) atoms.